The summed E-state index contributed by atoms with van der Waals surface area (Å²) < 4.78 is 1.06. The van der Waals surface area contributed by atoms with Gasteiger partial charge in [0.15, 0.2) is 0 Å². The highest BCUT2D eigenvalue weighted by atomic mass is 127. The molecule has 0 unspecified atom stereocenters. The standard InChI is InChI=1S/C13H17IN2O/c14-10-4-1-2-5-11(10)16-12(17)8-13(9-15)6-3-7-13/h1-2,4-5H,3,6-9,15H2,(H,16,17). The molecule has 0 radical (unpaired) electrons. The Bertz CT molecular complexity index is 410. The smallest absolute Gasteiger partial charge is 0.225 e. The fourth-order valence-electron chi connectivity index (χ4n) is 2.23. The van der Waals surface area contributed by atoms with Crippen molar-refractivity contribution in [3.63, 3.8) is 0 Å². The number of benzene rings is 1. The predicted octanol–water partition coefficient (Wildman–Crippen LogP) is 2.75. The van der Waals surface area contributed by atoms with Crippen molar-refractivity contribution in [2.45, 2.75) is 25.7 Å². The Labute approximate surface area is 115 Å². The Morgan fingerprint density at radius 2 is 2.12 bits per heavy atom. The summed E-state index contributed by atoms with van der Waals surface area (Å²) in [5.41, 5.74) is 6.73. The fraction of sp³-hybridized carbons (Fsp3) is 0.462. The normalized spacial score (nSPS) is 17.3. The second kappa shape index (κ2) is 5.35. The second-order valence-corrected chi connectivity index (χ2v) is 5.92. The van der Waals surface area contributed by atoms with Crippen molar-refractivity contribution in [2.24, 2.45) is 11.1 Å². The summed E-state index contributed by atoms with van der Waals surface area (Å²) in [5.74, 6) is 0.0827. The summed E-state index contributed by atoms with van der Waals surface area (Å²) in [6, 6.07) is 7.80. The van der Waals surface area contributed by atoms with Gasteiger partial charge in [0.1, 0.15) is 0 Å². The fourth-order valence-corrected chi connectivity index (χ4v) is 2.75. The van der Waals surface area contributed by atoms with Crippen LogP contribution in [0.3, 0.4) is 0 Å². The van der Waals surface area contributed by atoms with E-state index in [4.69, 9.17) is 5.73 Å². The van der Waals surface area contributed by atoms with Gasteiger partial charge in [-0.2, -0.15) is 0 Å². The largest absolute Gasteiger partial charge is 0.330 e. The van der Waals surface area contributed by atoms with Gasteiger partial charge in [0.05, 0.1) is 5.69 Å². The van der Waals surface area contributed by atoms with Gasteiger partial charge in [0.25, 0.3) is 0 Å². The molecule has 17 heavy (non-hydrogen) atoms. The molecule has 1 fully saturated rings. The molecule has 0 atom stereocenters. The van der Waals surface area contributed by atoms with Crippen molar-refractivity contribution in [1.29, 1.82) is 0 Å². The van der Waals surface area contributed by atoms with Gasteiger partial charge in [-0.25, -0.2) is 0 Å². The molecule has 3 N–H and O–H groups in total. The summed E-state index contributed by atoms with van der Waals surface area (Å²) in [6.07, 6.45) is 3.92. The van der Waals surface area contributed by atoms with E-state index in [0.29, 0.717) is 13.0 Å². The summed E-state index contributed by atoms with van der Waals surface area (Å²) >= 11 is 2.22. The molecule has 2 rings (SSSR count). The van der Waals surface area contributed by atoms with E-state index in [0.717, 1.165) is 22.1 Å². The van der Waals surface area contributed by atoms with Gasteiger partial charge in [0, 0.05) is 9.99 Å². The van der Waals surface area contributed by atoms with Crippen molar-refractivity contribution in [3.8, 4) is 0 Å². The van der Waals surface area contributed by atoms with Gasteiger partial charge in [-0.1, -0.05) is 18.6 Å². The van der Waals surface area contributed by atoms with Crippen LogP contribution >= 0.6 is 22.6 Å². The van der Waals surface area contributed by atoms with Crippen LogP contribution in [0.15, 0.2) is 24.3 Å². The third-order valence-corrected chi connectivity index (χ3v) is 4.47. The van der Waals surface area contributed by atoms with Crippen molar-refractivity contribution in [3.05, 3.63) is 27.8 Å². The molecule has 0 aromatic heterocycles. The van der Waals surface area contributed by atoms with E-state index in [9.17, 15) is 4.79 Å². The first kappa shape index (κ1) is 12.8. The lowest BCUT2D eigenvalue weighted by molar-refractivity contribution is -0.119. The predicted molar refractivity (Wildman–Crippen MR) is 77.7 cm³/mol. The average molecular weight is 344 g/mol. The van der Waals surface area contributed by atoms with E-state index in [1.807, 2.05) is 24.3 Å². The summed E-state index contributed by atoms with van der Waals surface area (Å²) in [6.45, 7) is 0.617. The van der Waals surface area contributed by atoms with Crippen molar-refractivity contribution in [2.75, 3.05) is 11.9 Å². The molecule has 4 heteroatoms. The molecular formula is C13H17IN2O. The number of amides is 1. The zero-order valence-electron chi connectivity index (χ0n) is 9.71. The molecule has 0 heterocycles. The van der Waals surface area contributed by atoms with Gasteiger partial charge < -0.3 is 11.1 Å². The highest BCUT2D eigenvalue weighted by molar-refractivity contribution is 14.1. The van der Waals surface area contributed by atoms with Gasteiger partial charge in [-0.05, 0) is 59.5 Å². The molecule has 1 aromatic carbocycles. The van der Waals surface area contributed by atoms with Crippen LogP contribution in [-0.4, -0.2) is 12.5 Å². The molecule has 1 amide bonds. The molecule has 3 nitrogen and oxygen atoms in total. The zero-order valence-corrected chi connectivity index (χ0v) is 11.9. The number of carbonyl (C=O) groups is 1. The highest BCUT2D eigenvalue weighted by Crippen LogP contribution is 2.43. The number of nitrogens with one attached hydrogen (secondary N) is 1. The Kier molecular flexibility index (Phi) is 4.04. The van der Waals surface area contributed by atoms with Crippen LogP contribution in [0.25, 0.3) is 0 Å². The van der Waals surface area contributed by atoms with E-state index in [1.165, 1.54) is 6.42 Å². The maximum atomic E-state index is 12.0. The SMILES string of the molecule is NCC1(CC(=O)Nc2ccccc2I)CCC1. The molecule has 0 spiro atoms. The van der Waals surface area contributed by atoms with Crippen molar-refractivity contribution in [1.82, 2.24) is 0 Å². The lowest BCUT2D eigenvalue weighted by Gasteiger charge is -2.40. The molecule has 1 aliphatic rings. The highest BCUT2D eigenvalue weighted by Gasteiger charge is 2.37. The summed E-state index contributed by atoms with van der Waals surface area (Å²) in [7, 11) is 0. The van der Waals surface area contributed by atoms with Crippen LogP contribution in [0.1, 0.15) is 25.7 Å². The molecule has 1 saturated carbocycles. The lowest BCUT2D eigenvalue weighted by atomic mass is 9.66. The minimum atomic E-state index is 0.0737. The number of hydrogen-bond acceptors (Lipinski definition) is 2. The topological polar surface area (TPSA) is 55.1 Å². The summed E-state index contributed by atoms with van der Waals surface area (Å²) in [4.78, 5) is 12.0. The number of para-hydroxylation sites is 1. The van der Waals surface area contributed by atoms with E-state index in [2.05, 4.69) is 27.9 Å². The van der Waals surface area contributed by atoms with Crippen LogP contribution in [0.5, 0.6) is 0 Å². The first-order valence-electron chi connectivity index (χ1n) is 5.90. The minimum absolute atomic E-state index is 0.0737. The second-order valence-electron chi connectivity index (χ2n) is 4.76. The average Bonchev–Trinajstić information content (AvgIpc) is 2.27. The Morgan fingerprint density at radius 3 is 2.65 bits per heavy atom. The maximum absolute atomic E-state index is 12.0. The monoisotopic (exact) mass is 344 g/mol. The molecule has 92 valence electrons. The van der Waals surface area contributed by atoms with Crippen LogP contribution < -0.4 is 11.1 Å². The van der Waals surface area contributed by atoms with E-state index >= 15 is 0 Å². The van der Waals surface area contributed by atoms with Gasteiger partial charge >= 0.3 is 0 Å². The number of hydrogen-bond donors (Lipinski definition) is 2. The molecule has 0 bridgehead atoms. The van der Waals surface area contributed by atoms with Crippen LogP contribution in [0.4, 0.5) is 5.69 Å². The maximum Gasteiger partial charge on any atom is 0.225 e. The van der Waals surface area contributed by atoms with Gasteiger partial charge in [-0.3, -0.25) is 4.79 Å². The van der Waals surface area contributed by atoms with Crippen LogP contribution in [-0.2, 0) is 4.79 Å². The first-order valence-corrected chi connectivity index (χ1v) is 6.98. The molecular weight excluding hydrogens is 327 g/mol. The van der Waals surface area contributed by atoms with E-state index < -0.39 is 0 Å². The number of nitrogens with two attached hydrogens (primary N) is 1. The molecule has 0 aliphatic heterocycles. The number of carbonyl (C=O) groups excluding carboxylic acids is 1. The van der Waals surface area contributed by atoms with Crippen molar-refractivity contribution < 1.29 is 4.79 Å². The van der Waals surface area contributed by atoms with Crippen molar-refractivity contribution >= 4 is 34.2 Å². The molecule has 0 saturated heterocycles. The number of anilines is 1. The van der Waals surface area contributed by atoms with E-state index in [1.54, 1.807) is 0 Å². The van der Waals surface area contributed by atoms with Crippen LogP contribution in [0.2, 0.25) is 0 Å². The molecule has 1 aromatic rings. The quantitative estimate of drug-likeness (QED) is 0.826. The Balaban J connectivity index is 1.96. The number of rotatable bonds is 4. The van der Waals surface area contributed by atoms with Gasteiger partial charge in [-0.15, -0.1) is 0 Å². The zero-order chi connectivity index (χ0) is 12.3. The Hall–Kier alpha value is -0.620. The third kappa shape index (κ3) is 2.98. The third-order valence-electron chi connectivity index (χ3n) is 3.53. The Morgan fingerprint density at radius 1 is 1.41 bits per heavy atom. The van der Waals surface area contributed by atoms with Gasteiger partial charge in [0.2, 0.25) is 5.91 Å². The minimum Gasteiger partial charge on any atom is -0.330 e. The summed E-state index contributed by atoms with van der Waals surface area (Å²) in [5, 5.41) is 2.97. The van der Waals surface area contributed by atoms with E-state index in [-0.39, 0.29) is 11.3 Å². The molecule has 1 aliphatic carbocycles. The van der Waals surface area contributed by atoms with Crippen LogP contribution in [0, 0.1) is 8.99 Å². The lowest BCUT2D eigenvalue weighted by Crippen LogP contribution is -2.40. The number of halogens is 1. The first-order chi connectivity index (χ1) is 8.15.